The molecular formula is C23H23F3N4O2. The van der Waals surface area contributed by atoms with Gasteiger partial charge in [0.05, 0.1) is 18.9 Å². The molecule has 1 fully saturated rings. The summed E-state index contributed by atoms with van der Waals surface area (Å²) >= 11 is 0. The minimum Gasteiger partial charge on any atom is -0.406 e. The number of para-hydroxylation sites is 1. The average molecular weight is 444 g/mol. The predicted molar refractivity (Wildman–Crippen MR) is 115 cm³/mol. The van der Waals surface area contributed by atoms with Crippen molar-refractivity contribution in [3.8, 4) is 17.0 Å². The molecule has 0 spiro atoms. The van der Waals surface area contributed by atoms with Crippen LogP contribution in [0.15, 0.2) is 66.9 Å². The van der Waals surface area contributed by atoms with E-state index in [0.29, 0.717) is 23.8 Å². The van der Waals surface area contributed by atoms with Gasteiger partial charge in [-0.3, -0.25) is 4.90 Å². The highest BCUT2D eigenvalue weighted by Gasteiger charge is 2.31. The second-order valence-corrected chi connectivity index (χ2v) is 7.26. The largest absolute Gasteiger partial charge is 0.573 e. The van der Waals surface area contributed by atoms with E-state index in [4.69, 9.17) is 9.72 Å². The molecular weight excluding hydrogens is 421 g/mol. The number of ether oxygens (including phenoxy) is 2. The van der Waals surface area contributed by atoms with Gasteiger partial charge in [0.2, 0.25) is 5.95 Å². The van der Waals surface area contributed by atoms with Gasteiger partial charge in [0.1, 0.15) is 5.75 Å². The summed E-state index contributed by atoms with van der Waals surface area (Å²) < 4.78 is 46.6. The fourth-order valence-corrected chi connectivity index (χ4v) is 3.49. The summed E-state index contributed by atoms with van der Waals surface area (Å²) in [4.78, 5) is 13.5. The molecule has 0 bridgehead atoms. The van der Waals surface area contributed by atoms with Crippen molar-refractivity contribution < 1.29 is 22.6 Å². The van der Waals surface area contributed by atoms with Gasteiger partial charge in [-0.2, -0.15) is 0 Å². The van der Waals surface area contributed by atoms with Crippen molar-refractivity contribution >= 4 is 11.6 Å². The van der Waals surface area contributed by atoms with Crippen LogP contribution in [0.25, 0.3) is 11.3 Å². The van der Waals surface area contributed by atoms with Crippen LogP contribution in [-0.2, 0) is 4.74 Å². The molecule has 32 heavy (non-hydrogen) atoms. The predicted octanol–water partition coefficient (Wildman–Crippen LogP) is 4.51. The van der Waals surface area contributed by atoms with E-state index in [0.717, 1.165) is 38.5 Å². The van der Waals surface area contributed by atoms with E-state index in [1.54, 1.807) is 24.4 Å². The van der Waals surface area contributed by atoms with Crippen LogP contribution < -0.4 is 9.64 Å². The molecule has 0 aliphatic carbocycles. The van der Waals surface area contributed by atoms with E-state index in [-0.39, 0.29) is 5.75 Å². The van der Waals surface area contributed by atoms with Crippen LogP contribution in [0.1, 0.15) is 0 Å². The van der Waals surface area contributed by atoms with Gasteiger partial charge < -0.3 is 14.4 Å². The second-order valence-electron chi connectivity index (χ2n) is 7.26. The van der Waals surface area contributed by atoms with Gasteiger partial charge in [-0.05, 0) is 42.5 Å². The van der Waals surface area contributed by atoms with Gasteiger partial charge in [0.15, 0.2) is 0 Å². The van der Waals surface area contributed by atoms with E-state index >= 15 is 0 Å². The average Bonchev–Trinajstić information content (AvgIpc) is 2.80. The minimum absolute atomic E-state index is 0.271. The summed E-state index contributed by atoms with van der Waals surface area (Å²) in [5.41, 5.74) is 2.25. The molecule has 9 heteroatoms. The number of alkyl halides is 3. The molecule has 0 N–H and O–H groups in total. The molecule has 2 aromatic carbocycles. The Morgan fingerprint density at radius 2 is 1.69 bits per heavy atom. The molecule has 0 unspecified atom stereocenters. The Morgan fingerprint density at radius 3 is 2.38 bits per heavy atom. The minimum atomic E-state index is -4.72. The molecule has 1 aliphatic rings. The fraction of sp³-hybridized carbons (Fsp3) is 0.304. The first kappa shape index (κ1) is 22.0. The number of morpholine rings is 1. The van der Waals surface area contributed by atoms with Crippen LogP contribution in [0, 0.1) is 0 Å². The number of aromatic nitrogens is 2. The number of rotatable bonds is 7. The van der Waals surface area contributed by atoms with Crippen molar-refractivity contribution in [2.45, 2.75) is 6.36 Å². The number of halogens is 3. The van der Waals surface area contributed by atoms with E-state index in [2.05, 4.69) is 14.6 Å². The monoisotopic (exact) mass is 444 g/mol. The van der Waals surface area contributed by atoms with Gasteiger partial charge in [-0.25, -0.2) is 9.97 Å². The molecule has 1 aliphatic heterocycles. The summed E-state index contributed by atoms with van der Waals surface area (Å²) in [7, 11) is 0. The first-order valence-corrected chi connectivity index (χ1v) is 10.3. The highest BCUT2D eigenvalue weighted by atomic mass is 19.4. The van der Waals surface area contributed by atoms with Crippen molar-refractivity contribution in [1.82, 2.24) is 14.9 Å². The fourth-order valence-electron chi connectivity index (χ4n) is 3.49. The zero-order valence-corrected chi connectivity index (χ0v) is 17.3. The van der Waals surface area contributed by atoms with Gasteiger partial charge in [0.25, 0.3) is 0 Å². The highest BCUT2D eigenvalue weighted by Crippen LogP contribution is 2.28. The third-order valence-corrected chi connectivity index (χ3v) is 5.08. The summed E-state index contributed by atoms with van der Waals surface area (Å²) in [6, 6.07) is 17.2. The number of hydrogen-bond acceptors (Lipinski definition) is 6. The van der Waals surface area contributed by atoms with Crippen molar-refractivity contribution in [3.05, 3.63) is 66.9 Å². The van der Waals surface area contributed by atoms with Crippen molar-refractivity contribution in [1.29, 1.82) is 0 Å². The lowest BCUT2D eigenvalue weighted by atomic mass is 10.1. The Bertz CT molecular complexity index is 994. The van der Waals surface area contributed by atoms with E-state index in [1.165, 1.54) is 12.1 Å². The number of anilines is 2. The van der Waals surface area contributed by atoms with E-state index in [9.17, 15) is 13.2 Å². The lowest BCUT2D eigenvalue weighted by Crippen LogP contribution is -2.40. The Hall–Kier alpha value is -3.17. The lowest BCUT2D eigenvalue weighted by molar-refractivity contribution is -0.274. The summed E-state index contributed by atoms with van der Waals surface area (Å²) in [6.45, 7) is 4.74. The van der Waals surface area contributed by atoms with E-state index in [1.807, 2.05) is 35.2 Å². The van der Waals surface area contributed by atoms with Crippen molar-refractivity contribution in [2.24, 2.45) is 0 Å². The van der Waals surface area contributed by atoms with Gasteiger partial charge in [-0.1, -0.05) is 18.2 Å². The zero-order chi connectivity index (χ0) is 22.4. The maximum atomic E-state index is 12.4. The quantitative estimate of drug-likeness (QED) is 0.535. The first-order chi connectivity index (χ1) is 15.5. The Labute approximate surface area is 184 Å². The highest BCUT2D eigenvalue weighted by molar-refractivity contribution is 5.64. The number of benzene rings is 2. The first-order valence-electron chi connectivity index (χ1n) is 10.3. The topological polar surface area (TPSA) is 50.7 Å². The normalized spacial score (nSPS) is 14.8. The molecule has 6 nitrogen and oxygen atoms in total. The van der Waals surface area contributed by atoms with Gasteiger partial charge in [-0.15, -0.1) is 13.2 Å². The summed E-state index contributed by atoms with van der Waals surface area (Å²) in [6.07, 6.45) is -3.07. The third kappa shape index (κ3) is 5.95. The third-order valence-electron chi connectivity index (χ3n) is 5.08. The molecule has 4 rings (SSSR count). The lowest BCUT2D eigenvalue weighted by Gasteiger charge is -2.30. The zero-order valence-electron chi connectivity index (χ0n) is 17.3. The van der Waals surface area contributed by atoms with Gasteiger partial charge in [0, 0.05) is 43.6 Å². The maximum absolute atomic E-state index is 12.4. The Morgan fingerprint density at radius 1 is 0.969 bits per heavy atom. The molecule has 1 aromatic heterocycles. The van der Waals surface area contributed by atoms with Crippen LogP contribution in [-0.4, -0.2) is 60.6 Å². The molecule has 0 saturated carbocycles. The Kier molecular flexibility index (Phi) is 6.87. The smallest absolute Gasteiger partial charge is 0.406 e. The van der Waals surface area contributed by atoms with Crippen LogP contribution in [0.3, 0.4) is 0 Å². The Balaban J connectivity index is 1.56. The molecule has 168 valence electrons. The maximum Gasteiger partial charge on any atom is 0.573 e. The molecule has 0 atom stereocenters. The second kappa shape index (κ2) is 9.97. The van der Waals surface area contributed by atoms with Crippen molar-refractivity contribution in [2.75, 3.05) is 44.3 Å². The number of nitrogens with zero attached hydrogens (tertiary/aromatic N) is 4. The molecule has 0 amide bonds. The molecule has 0 radical (unpaired) electrons. The van der Waals surface area contributed by atoms with Crippen LogP contribution in [0.5, 0.6) is 5.75 Å². The molecule has 3 aromatic rings. The van der Waals surface area contributed by atoms with Gasteiger partial charge >= 0.3 is 6.36 Å². The van der Waals surface area contributed by atoms with Crippen LogP contribution in [0.2, 0.25) is 0 Å². The van der Waals surface area contributed by atoms with E-state index < -0.39 is 6.36 Å². The number of hydrogen-bond donors (Lipinski definition) is 0. The van der Waals surface area contributed by atoms with Crippen LogP contribution >= 0.6 is 0 Å². The van der Waals surface area contributed by atoms with Crippen LogP contribution in [0.4, 0.5) is 24.8 Å². The SMILES string of the molecule is FC(F)(F)Oc1ccc(-c2ccnc(N(CCN3CCOCC3)c3ccccc3)n2)cc1. The summed E-state index contributed by atoms with van der Waals surface area (Å²) in [5, 5.41) is 0. The molecule has 2 heterocycles. The van der Waals surface area contributed by atoms with Crippen molar-refractivity contribution in [3.63, 3.8) is 0 Å². The standard InChI is InChI=1S/C23H23F3N4O2/c24-23(25,26)32-20-8-6-18(7-9-20)21-10-11-27-22(28-21)30(19-4-2-1-3-5-19)13-12-29-14-16-31-17-15-29/h1-11H,12-17H2. The molecule has 1 saturated heterocycles. The summed E-state index contributed by atoms with van der Waals surface area (Å²) in [5.74, 6) is 0.254.